The zero-order valence-corrected chi connectivity index (χ0v) is 22.7. The summed E-state index contributed by atoms with van der Waals surface area (Å²) in [7, 11) is 0. The first-order chi connectivity index (χ1) is 16.6. The Morgan fingerprint density at radius 2 is 0.765 bits per heavy atom. The third kappa shape index (κ3) is 25.6. The highest BCUT2D eigenvalue weighted by molar-refractivity contribution is 5.69. The number of carboxylic acids is 2. The summed E-state index contributed by atoms with van der Waals surface area (Å²) in [6, 6.07) is 0. The van der Waals surface area contributed by atoms with E-state index in [4.69, 9.17) is 5.11 Å². The van der Waals surface area contributed by atoms with Crippen LogP contribution in [-0.2, 0) is 9.59 Å². The molecule has 0 aromatic carbocycles. The second-order valence-corrected chi connectivity index (χ2v) is 10.5. The molecule has 0 bridgehead atoms. The lowest BCUT2D eigenvalue weighted by Gasteiger charge is -2.12. The first kappa shape index (κ1) is 32.9. The topological polar surface area (TPSA) is 74.6 Å². The lowest BCUT2D eigenvalue weighted by molar-refractivity contribution is -0.142. The summed E-state index contributed by atoms with van der Waals surface area (Å²) in [5.41, 5.74) is 0. The van der Waals surface area contributed by atoms with Crippen LogP contribution in [0, 0.1) is 5.92 Å². The number of hydrogen-bond acceptors (Lipinski definition) is 2. The first-order valence-corrected chi connectivity index (χ1v) is 15.0. The van der Waals surface area contributed by atoms with Gasteiger partial charge >= 0.3 is 11.9 Å². The van der Waals surface area contributed by atoms with Gasteiger partial charge in [-0.2, -0.15) is 0 Å². The number of carboxylic acid groups (broad SMARTS) is 2. The molecule has 0 amide bonds. The molecule has 0 rings (SSSR count). The molecule has 0 saturated heterocycles. The lowest BCUT2D eigenvalue weighted by atomic mass is 9.94. The SMILES string of the molecule is CCCCCCCCCCCCCCC(CCCCCCCCCCCCCC(=O)O)C(=O)O. The molecule has 0 radical (unpaired) electrons. The minimum Gasteiger partial charge on any atom is -0.481 e. The van der Waals surface area contributed by atoms with Crippen LogP contribution in [-0.4, -0.2) is 22.2 Å². The van der Waals surface area contributed by atoms with E-state index in [1.54, 1.807) is 0 Å². The second kappa shape index (κ2) is 26.5. The van der Waals surface area contributed by atoms with Crippen molar-refractivity contribution in [2.75, 3.05) is 0 Å². The van der Waals surface area contributed by atoms with Gasteiger partial charge in [0.1, 0.15) is 0 Å². The third-order valence-electron chi connectivity index (χ3n) is 7.20. The minimum atomic E-state index is -0.681. The van der Waals surface area contributed by atoms with Crippen molar-refractivity contribution in [3.63, 3.8) is 0 Å². The zero-order chi connectivity index (χ0) is 25.1. The van der Waals surface area contributed by atoms with Crippen molar-refractivity contribution in [2.24, 2.45) is 5.92 Å². The van der Waals surface area contributed by atoms with E-state index in [2.05, 4.69) is 6.92 Å². The molecule has 0 heterocycles. The molecule has 1 unspecified atom stereocenters. The molecule has 0 fully saturated rings. The van der Waals surface area contributed by atoms with Crippen LogP contribution in [0.15, 0.2) is 0 Å². The van der Waals surface area contributed by atoms with Crippen LogP contribution in [0.3, 0.4) is 0 Å². The molecule has 202 valence electrons. The van der Waals surface area contributed by atoms with Crippen molar-refractivity contribution in [1.82, 2.24) is 0 Å². The zero-order valence-electron chi connectivity index (χ0n) is 22.7. The van der Waals surface area contributed by atoms with Crippen molar-refractivity contribution in [3.05, 3.63) is 0 Å². The van der Waals surface area contributed by atoms with Gasteiger partial charge in [-0.05, 0) is 19.3 Å². The number of unbranched alkanes of at least 4 members (excludes halogenated alkanes) is 21. The summed E-state index contributed by atoms with van der Waals surface area (Å²) in [5, 5.41) is 18.1. The van der Waals surface area contributed by atoms with Gasteiger partial charge in [-0.15, -0.1) is 0 Å². The van der Waals surface area contributed by atoms with Gasteiger partial charge in [0.2, 0.25) is 0 Å². The summed E-state index contributed by atoms with van der Waals surface area (Å²) >= 11 is 0. The van der Waals surface area contributed by atoms with Crippen LogP contribution in [0.5, 0.6) is 0 Å². The van der Waals surface area contributed by atoms with E-state index in [9.17, 15) is 14.7 Å². The molecular weight excluding hydrogens is 424 g/mol. The minimum absolute atomic E-state index is 0.135. The van der Waals surface area contributed by atoms with Crippen molar-refractivity contribution in [2.45, 2.75) is 174 Å². The van der Waals surface area contributed by atoms with Gasteiger partial charge in [-0.3, -0.25) is 9.59 Å². The Morgan fingerprint density at radius 1 is 0.471 bits per heavy atom. The number of rotatable bonds is 28. The Bertz CT molecular complexity index is 449. The lowest BCUT2D eigenvalue weighted by Crippen LogP contribution is -2.13. The second-order valence-electron chi connectivity index (χ2n) is 10.5. The fourth-order valence-corrected chi connectivity index (χ4v) is 4.88. The fraction of sp³-hybridized carbons (Fsp3) is 0.933. The van der Waals surface area contributed by atoms with Crippen LogP contribution < -0.4 is 0 Å². The Morgan fingerprint density at radius 3 is 1.06 bits per heavy atom. The van der Waals surface area contributed by atoms with Crippen LogP contribution in [0.25, 0.3) is 0 Å². The predicted octanol–water partition coefficient (Wildman–Crippen LogP) is 9.93. The molecule has 0 aromatic heterocycles. The van der Waals surface area contributed by atoms with Crippen LogP contribution in [0.2, 0.25) is 0 Å². The molecule has 34 heavy (non-hydrogen) atoms. The van der Waals surface area contributed by atoms with E-state index in [1.807, 2.05) is 0 Å². The molecule has 4 heteroatoms. The molecule has 1 atom stereocenters. The Balaban J connectivity index is 3.42. The fourth-order valence-electron chi connectivity index (χ4n) is 4.88. The Kier molecular flexibility index (Phi) is 25.7. The molecule has 0 aliphatic carbocycles. The summed E-state index contributed by atoms with van der Waals surface area (Å²) in [6.45, 7) is 2.27. The van der Waals surface area contributed by atoms with Gasteiger partial charge in [0.05, 0.1) is 5.92 Å². The van der Waals surface area contributed by atoms with Gasteiger partial charge in [-0.25, -0.2) is 0 Å². The van der Waals surface area contributed by atoms with Gasteiger partial charge in [0.15, 0.2) is 0 Å². The maximum atomic E-state index is 11.6. The highest BCUT2D eigenvalue weighted by Gasteiger charge is 2.16. The van der Waals surface area contributed by atoms with E-state index in [0.29, 0.717) is 6.42 Å². The van der Waals surface area contributed by atoms with Crippen molar-refractivity contribution < 1.29 is 19.8 Å². The monoisotopic (exact) mass is 482 g/mol. The highest BCUT2D eigenvalue weighted by atomic mass is 16.4. The summed E-state index contributed by atoms with van der Waals surface area (Å²) < 4.78 is 0. The normalized spacial score (nSPS) is 12.1. The standard InChI is InChI=1S/C30H58O4/c1-2-3-4-5-6-7-8-10-13-16-19-22-25-28(30(33)34)26-23-20-17-14-11-9-12-15-18-21-24-27-29(31)32/h28H,2-27H2,1H3,(H,31,32)(H,33,34). The Labute approximate surface area is 211 Å². The molecule has 0 spiro atoms. The van der Waals surface area contributed by atoms with E-state index in [1.165, 1.54) is 109 Å². The molecular formula is C30H58O4. The van der Waals surface area contributed by atoms with Gasteiger partial charge < -0.3 is 10.2 Å². The highest BCUT2D eigenvalue weighted by Crippen LogP contribution is 2.20. The number of hydrogen-bond donors (Lipinski definition) is 2. The van der Waals surface area contributed by atoms with Crippen molar-refractivity contribution >= 4 is 11.9 Å². The van der Waals surface area contributed by atoms with E-state index in [0.717, 1.165) is 51.4 Å². The van der Waals surface area contributed by atoms with Crippen molar-refractivity contribution in [3.8, 4) is 0 Å². The van der Waals surface area contributed by atoms with Gasteiger partial charge in [-0.1, -0.05) is 148 Å². The molecule has 0 saturated carbocycles. The predicted molar refractivity (Wildman–Crippen MR) is 144 cm³/mol. The van der Waals surface area contributed by atoms with E-state index < -0.39 is 11.9 Å². The molecule has 4 nitrogen and oxygen atoms in total. The first-order valence-electron chi connectivity index (χ1n) is 15.0. The number of aliphatic carboxylic acids is 2. The largest absolute Gasteiger partial charge is 0.481 e. The van der Waals surface area contributed by atoms with E-state index >= 15 is 0 Å². The third-order valence-corrected chi connectivity index (χ3v) is 7.20. The Hall–Kier alpha value is -1.06. The number of carbonyl (C=O) groups is 2. The quantitative estimate of drug-likeness (QED) is 0.109. The maximum absolute atomic E-state index is 11.6. The van der Waals surface area contributed by atoms with E-state index in [-0.39, 0.29) is 5.92 Å². The molecule has 2 N–H and O–H groups in total. The average Bonchev–Trinajstić information content (AvgIpc) is 2.80. The van der Waals surface area contributed by atoms with Gasteiger partial charge in [0.25, 0.3) is 0 Å². The summed E-state index contributed by atoms with van der Waals surface area (Å²) in [4.78, 5) is 22.0. The smallest absolute Gasteiger partial charge is 0.306 e. The van der Waals surface area contributed by atoms with Crippen molar-refractivity contribution in [1.29, 1.82) is 0 Å². The maximum Gasteiger partial charge on any atom is 0.306 e. The molecule has 0 aromatic rings. The average molecular weight is 483 g/mol. The molecule has 0 aliphatic heterocycles. The molecule has 0 aliphatic rings. The van der Waals surface area contributed by atoms with Crippen LogP contribution >= 0.6 is 0 Å². The van der Waals surface area contributed by atoms with Gasteiger partial charge in [0, 0.05) is 6.42 Å². The van der Waals surface area contributed by atoms with Crippen LogP contribution in [0.4, 0.5) is 0 Å². The summed E-state index contributed by atoms with van der Waals surface area (Å²) in [6.07, 6.45) is 30.6. The van der Waals surface area contributed by atoms with Crippen LogP contribution in [0.1, 0.15) is 174 Å². The summed E-state index contributed by atoms with van der Waals surface area (Å²) in [5.74, 6) is -1.41.